The molecule has 1 aliphatic heterocycles. The quantitative estimate of drug-likeness (QED) is 0.412. The molecular weight excluding hydrogens is 342 g/mol. The fraction of sp³-hybridized carbons (Fsp3) is 0.824. The first-order chi connectivity index (χ1) is 12.2. The van der Waals surface area contributed by atoms with E-state index in [2.05, 4.69) is 16.0 Å². The summed E-state index contributed by atoms with van der Waals surface area (Å²) in [5, 5.41) is 18.7. The molecule has 1 saturated heterocycles. The third kappa shape index (κ3) is 6.01. The first-order valence-corrected chi connectivity index (χ1v) is 8.93. The monoisotopic (exact) mass is 373 g/mol. The highest BCUT2D eigenvalue weighted by molar-refractivity contribution is 5.89. The zero-order chi connectivity index (χ0) is 19.9. The lowest BCUT2D eigenvalue weighted by Crippen LogP contribution is -2.67. The van der Waals surface area contributed by atoms with Gasteiger partial charge in [0, 0.05) is 26.9 Å². The highest BCUT2D eigenvalue weighted by Gasteiger charge is 2.44. The van der Waals surface area contributed by atoms with Crippen LogP contribution in [0.2, 0.25) is 0 Å². The molecule has 0 aromatic heterocycles. The van der Waals surface area contributed by atoms with Crippen LogP contribution in [0.4, 0.5) is 0 Å². The first-order valence-electron chi connectivity index (χ1n) is 8.93. The number of nitrogens with one attached hydrogen (secondary N) is 3. The van der Waals surface area contributed by atoms with Crippen LogP contribution in [-0.4, -0.2) is 73.0 Å². The molecule has 0 aromatic rings. The molecule has 6 atom stereocenters. The molecule has 2 amide bonds. The van der Waals surface area contributed by atoms with E-state index in [1.165, 1.54) is 14.0 Å². The molecule has 0 aliphatic carbocycles. The van der Waals surface area contributed by atoms with Crippen molar-refractivity contribution in [3.05, 3.63) is 0 Å². The molecule has 4 unspecified atom stereocenters. The fourth-order valence-corrected chi connectivity index (χ4v) is 3.10. The summed E-state index contributed by atoms with van der Waals surface area (Å²) in [6.45, 7) is 7.18. The van der Waals surface area contributed by atoms with Crippen molar-refractivity contribution in [3.8, 4) is 0 Å². The van der Waals surface area contributed by atoms with Crippen molar-refractivity contribution in [2.45, 2.75) is 77.2 Å². The third-order valence-electron chi connectivity index (χ3n) is 4.38. The number of rotatable bonds is 9. The molecule has 0 saturated carbocycles. The summed E-state index contributed by atoms with van der Waals surface area (Å²) in [5.41, 5.74) is 0. The topological polar surface area (TPSA) is 126 Å². The van der Waals surface area contributed by atoms with E-state index >= 15 is 0 Å². The second kappa shape index (κ2) is 10.6. The van der Waals surface area contributed by atoms with Crippen LogP contribution in [-0.2, 0) is 23.9 Å². The summed E-state index contributed by atoms with van der Waals surface area (Å²) >= 11 is 0. The van der Waals surface area contributed by atoms with Crippen molar-refractivity contribution in [2.24, 2.45) is 0 Å². The number of likely N-dealkylation sites (N-methyl/N-ethyl adjacent to an activating group) is 1. The summed E-state index contributed by atoms with van der Waals surface area (Å²) in [7, 11) is 1.44. The molecule has 0 aromatic carbocycles. The predicted molar refractivity (Wildman–Crippen MR) is 94.3 cm³/mol. The Morgan fingerprint density at radius 2 is 1.88 bits per heavy atom. The second-order valence-electron chi connectivity index (χ2n) is 6.38. The van der Waals surface area contributed by atoms with E-state index < -0.39 is 42.5 Å². The molecule has 26 heavy (non-hydrogen) atoms. The number of hydrogen-bond acceptors (Lipinski definition) is 7. The van der Waals surface area contributed by atoms with Crippen LogP contribution < -0.4 is 16.0 Å². The van der Waals surface area contributed by atoms with Gasteiger partial charge in [-0.05, 0) is 13.5 Å². The molecule has 9 heteroatoms. The average molecular weight is 373 g/mol. The Hall–Kier alpha value is -1.55. The summed E-state index contributed by atoms with van der Waals surface area (Å²) in [6.07, 6.45) is -2.85. The van der Waals surface area contributed by atoms with E-state index in [0.717, 1.165) is 0 Å². The summed E-state index contributed by atoms with van der Waals surface area (Å²) in [4.78, 5) is 35.8. The van der Waals surface area contributed by atoms with Crippen LogP contribution in [0, 0.1) is 0 Å². The highest BCUT2D eigenvalue weighted by atomic mass is 16.6. The summed E-state index contributed by atoms with van der Waals surface area (Å²) in [5.74, 6) is -0.834. The van der Waals surface area contributed by atoms with Gasteiger partial charge in [-0.1, -0.05) is 13.8 Å². The number of hydrogen-bond donors (Lipinski definition) is 4. The number of amides is 2. The van der Waals surface area contributed by atoms with E-state index in [1.807, 2.05) is 6.92 Å². The van der Waals surface area contributed by atoms with Crippen LogP contribution in [0.15, 0.2) is 0 Å². The van der Waals surface area contributed by atoms with Crippen molar-refractivity contribution < 1.29 is 29.0 Å². The number of Topliss-reactive ketones (excluding diaryl/α,β-unsaturated/α-hetero) is 1. The van der Waals surface area contributed by atoms with Crippen LogP contribution >= 0.6 is 0 Å². The largest absolute Gasteiger partial charge is 0.388 e. The molecule has 0 bridgehead atoms. The predicted octanol–water partition coefficient (Wildman–Crippen LogP) is -0.925. The van der Waals surface area contributed by atoms with Gasteiger partial charge >= 0.3 is 0 Å². The van der Waals surface area contributed by atoms with Gasteiger partial charge in [0.25, 0.3) is 0 Å². The normalized spacial score (nSPS) is 29.7. The number of aliphatic hydroxyl groups excluding tert-OH is 1. The Labute approximate surface area is 154 Å². The lowest BCUT2D eigenvalue weighted by Gasteiger charge is -2.43. The minimum absolute atomic E-state index is 0.0503. The number of ether oxygens (including phenoxy) is 2. The van der Waals surface area contributed by atoms with Gasteiger partial charge in [-0.3, -0.25) is 14.4 Å². The Balaban J connectivity index is 2.84. The molecule has 4 N–H and O–H groups in total. The zero-order valence-electron chi connectivity index (χ0n) is 16.1. The minimum atomic E-state index is -1.06. The molecule has 1 aliphatic rings. The number of carbonyl (C=O) groups is 3. The van der Waals surface area contributed by atoms with E-state index in [4.69, 9.17) is 9.47 Å². The average Bonchev–Trinajstić information content (AvgIpc) is 2.57. The third-order valence-corrected chi connectivity index (χ3v) is 4.38. The van der Waals surface area contributed by atoms with Gasteiger partial charge in [0.1, 0.15) is 24.0 Å². The molecular formula is C17H31N3O6. The standard InChI is InChI=1S/C17H31N3O6/c1-6-12(22)11(18-7-2)8-13(23)20-17-14(19-10(4)21)15(24)16(25-5)9(3)26-17/h9,11,14-18,24H,6-8H2,1-5H3,(H,19,21)(H,20,23)/t9?,11?,14?,15?,16-,17-/m1/s1. The van der Waals surface area contributed by atoms with Crippen molar-refractivity contribution in [1.29, 1.82) is 0 Å². The lowest BCUT2D eigenvalue weighted by atomic mass is 9.96. The van der Waals surface area contributed by atoms with Crippen molar-refractivity contribution in [1.82, 2.24) is 16.0 Å². The number of aliphatic hydroxyl groups is 1. The molecule has 1 rings (SSSR count). The molecule has 1 fully saturated rings. The lowest BCUT2D eigenvalue weighted by molar-refractivity contribution is -0.197. The molecule has 9 nitrogen and oxygen atoms in total. The van der Waals surface area contributed by atoms with Gasteiger partial charge < -0.3 is 30.5 Å². The second-order valence-corrected chi connectivity index (χ2v) is 6.38. The maximum atomic E-state index is 12.4. The smallest absolute Gasteiger partial charge is 0.224 e. The summed E-state index contributed by atoms with van der Waals surface area (Å²) in [6, 6.07) is -1.45. The zero-order valence-corrected chi connectivity index (χ0v) is 16.1. The van der Waals surface area contributed by atoms with Gasteiger partial charge in [-0.2, -0.15) is 0 Å². The minimum Gasteiger partial charge on any atom is -0.388 e. The van der Waals surface area contributed by atoms with E-state index in [-0.39, 0.29) is 18.1 Å². The maximum Gasteiger partial charge on any atom is 0.224 e. The highest BCUT2D eigenvalue weighted by Crippen LogP contribution is 2.22. The van der Waals surface area contributed by atoms with Crippen LogP contribution in [0.3, 0.4) is 0 Å². The Morgan fingerprint density at radius 1 is 1.23 bits per heavy atom. The molecule has 150 valence electrons. The Morgan fingerprint density at radius 3 is 2.38 bits per heavy atom. The van der Waals surface area contributed by atoms with Gasteiger partial charge in [-0.25, -0.2) is 0 Å². The van der Waals surface area contributed by atoms with Crippen molar-refractivity contribution in [2.75, 3.05) is 13.7 Å². The van der Waals surface area contributed by atoms with Crippen LogP contribution in [0.1, 0.15) is 40.5 Å². The Kier molecular flexibility index (Phi) is 9.14. The van der Waals surface area contributed by atoms with Gasteiger partial charge in [0.05, 0.1) is 12.1 Å². The Bertz CT molecular complexity index is 501. The fourth-order valence-electron chi connectivity index (χ4n) is 3.10. The van der Waals surface area contributed by atoms with Crippen molar-refractivity contribution >= 4 is 17.6 Å². The van der Waals surface area contributed by atoms with Gasteiger partial charge in [-0.15, -0.1) is 0 Å². The van der Waals surface area contributed by atoms with E-state index in [0.29, 0.717) is 13.0 Å². The van der Waals surface area contributed by atoms with Crippen molar-refractivity contribution in [3.63, 3.8) is 0 Å². The molecule has 0 spiro atoms. The molecule has 1 heterocycles. The van der Waals surface area contributed by atoms with Gasteiger partial charge in [0.15, 0.2) is 6.23 Å². The SMILES string of the molecule is CCNC(CC(=O)N[C@@H]1OC(C)[C@@H](OC)C(O)C1NC(C)=O)C(=O)CC. The first kappa shape index (κ1) is 22.5. The van der Waals surface area contributed by atoms with Gasteiger partial charge in [0.2, 0.25) is 11.8 Å². The summed E-state index contributed by atoms with van der Waals surface area (Å²) < 4.78 is 11.0. The van der Waals surface area contributed by atoms with Crippen LogP contribution in [0.5, 0.6) is 0 Å². The van der Waals surface area contributed by atoms with Crippen LogP contribution in [0.25, 0.3) is 0 Å². The number of ketones is 1. The number of methoxy groups -OCH3 is 1. The maximum absolute atomic E-state index is 12.4. The number of carbonyl (C=O) groups excluding carboxylic acids is 3. The molecule has 0 radical (unpaired) electrons. The van der Waals surface area contributed by atoms with E-state index in [9.17, 15) is 19.5 Å². The van der Waals surface area contributed by atoms with E-state index in [1.54, 1.807) is 13.8 Å².